The van der Waals surface area contributed by atoms with Crippen molar-refractivity contribution in [3.63, 3.8) is 0 Å². The van der Waals surface area contributed by atoms with Gasteiger partial charge in [-0.05, 0) is 56.2 Å². The maximum absolute atomic E-state index is 5.41. The Morgan fingerprint density at radius 3 is 2.32 bits per heavy atom. The Hall–Kier alpha value is -2.60. The minimum Gasteiger partial charge on any atom is -0.497 e. The fraction of sp³-hybridized carbons (Fsp3) is 0.263. The molecule has 0 aliphatic heterocycles. The first kappa shape index (κ1) is 18.7. The SMILES string of the molecule is COc1ccc(/C(C)=N\NC(=S)Nc2c(C)cccc2C)c(OC)c1. The van der Waals surface area contributed by atoms with Crippen LogP contribution in [0.25, 0.3) is 0 Å². The molecule has 0 saturated carbocycles. The van der Waals surface area contributed by atoms with E-state index in [-0.39, 0.29) is 0 Å². The maximum Gasteiger partial charge on any atom is 0.191 e. The van der Waals surface area contributed by atoms with E-state index < -0.39 is 0 Å². The van der Waals surface area contributed by atoms with Crippen LogP contribution in [0.3, 0.4) is 0 Å². The molecule has 2 N–H and O–H groups in total. The molecule has 132 valence electrons. The van der Waals surface area contributed by atoms with Crippen LogP contribution in [0.1, 0.15) is 23.6 Å². The van der Waals surface area contributed by atoms with Gasteiger partial charge < -0.3 is 14.8 Å². The summed E-state index contributed by atoms with van der Waals surface area (Å²) in [4.78, 5) is 0. The predicted molar refractivity (Wildman–Crippen MR) is 107 cm³/mol. The smallest absolute Gasteiger partial charge is 0.191 e. The summed E-state index contributed by atoms with van der Waals surface area (Å²) >= 11 is 5.34. The number of methoxy groups -OCH3 is 2. The average Bonchev–Trinajstić information content (AvgIpc) is 2.62. The largest absolute Gasteiger partial charge is 0.497 e. The Kier molecular flexibility index (Phi) is 6.36. The minimum atomic E-state index is 0.434. The Balaban J connectivity index is 2.12. The average molecular weight is 357 g/mol. The number of hydrogen-bond donors (Lipinski definition) is 2. The highest BCUT2D eigenvalue weighted by Crippen LogP contribution is 2.25. The summed E-state index contributed by atoms with van der Waals surface area (Å²) in [6.45, 7) is 5.96. The van der Waals surface area contributed by atoms with E-state index in [2.05, 4.69) is 15.8 Å². The number of anilines is 1. The van der Waals surface area contributed by atoms with Crippen LogP contribution in [-0.4, -0.2) is 25.0 Å². The standard InChI is InChI=1S/C19H23N3O2S/c1-12-7-6-8-13(2)18(12)20-19(25)22-21-14(3)16-10-9-15(23-4)11-17(16)24-5/h6-11H,1-5H3,(H2,20,22,25)/b21-14-. The molecule has 6 heteroatoms. The molecule has 0 aliphatic rings. The fourth-order valence-corrected chi connectivity index (χ4v) is 2.59. The van der Waals surface area contributed by atoms with Gasteiger partial charge in [0.2, 0.25) is 0 Å². The van der Waals surface area contributed by atoms with Crippen molar-refractivity contribution < 1.29 is 9.47 Å². The Morgan fingerprint density at radius 2 is 1.72 bits per heavy atom. The first-order valence-electron chi connectivity index (χ1n) is 7.86. The van der Waals surface area contributed by atoms with Crippen LogP contribution in [0.5, 0.6) is 11.5 Å². The number of para-hydroxylation sites is 1. The van der Waals surface area contributed by atoms with Gasteiger partial charge in [-0.1, -0.05) is 18.2 Å². The lowest BCUT2D eigenvalue weighted by molar-refractivity contribution is 0.394. The summed E-state index contributed by atoms with van der Waals surface area (Å²) in [5.74, 6) is 1.42. The van der Waals surface area contributed by atoms with Gasteiger partial charge in [-0.15, -0.1) is 0 Å². The van der Waals surface area contributed by atoms with Gasteiger partial charge in [0, 0.05) is 17.3 Å². The van der Waals surface area contributed by atoms with Crippen LogP contribution in [0, 0.1) is 13.8 Å². The van der Waals surface area contributed by atoms with Crippen LogP contribution in [0.2, 0.25) is 0 Å². The number of thiocarbonyl (C=S) groups is 1. The zero-order valence-corrected chi connectivity index (χ0v) is 16.0. The number of hydrogen-bond acceptors (Lipinski definition) is 4. The molecule has 0 spiro atoms. The molecule has 0 aliphatic carbocycles. The van der Waals surface area contributed by atoms with Crippen molar-refractivity contribution in [2.45, 2.75) is 20.8 Å². The van der Waals surface area contributed by atoms with Crippen LogP contribution in [-0.2, 0) is 0 Å². The predicted octanol–water partition coefficient (Wildman–Crippen LogP) is 4.03. The van der Waals surface area contributed by atoms with Gasteiger partial charge in [-0.2, -0.15) is 5.10 Å². The molecule has 0 amide bonds. The first-order chi connectivity index (χ1) is 12.0. The number of benzene rings is 2. The topological polar surface area (TPSA) is 54.9 Å². The Bertz CT molecular complexity index is 783. The van der Waals surface area contributed by atoms with Crippen molar-refractivity contribution in [3.8, 4) is 11.5 Å². The maximum atomic E-state index is 5.41. The highest BCUT2D eigenvalue weighted by Gasteiger charge is 2.09. The van der Waals surface area contributed by atoms with E-state index in [1.165, 1.54) is 0 Å². The fourth-order valence-electron chi connectivity index (χ4n) is 2.45. The summed E-state index contributed by atoms with van der Waals surface area (Å²) in [6, 6.07) is 11.7. The van der Waals surface area contributed by atoms with Gasteiger partial charge in [0.05, 0.1) is 19.9 Å². The van der Waals surface area contributed by atoms with E-state index in [1.807, 2.05) is 57.2 Å². The minimum absolute atomic E-state index is 0.434. The summed E-state index contributed by atoms with van der Waals surface area (Å²) in [5, 5.41) is 7.98. The van der Waals surface area contributed by atoms with Gasteiger partial charge in [-0.25, -0.2) is 0 Å². The van der Waals surface area contributed by atoms with Gasteiger partial charge in [-0.3, -0.25) is 5.43 Å². The normalized spacial score (nSPS) is 11.0. The van der Waals surface area contributed by atoms with Crippen molar-refractivity contribution in [1.29, 1.82) is 0 Å². The molecule has 0 atom stereocenters. The second-order valence-corrected chi connectivity index (χ2v) is 6.00. The second kappa shape index (κ2) is 8.48. The molecule has 0 bridgehead atoms. The Morgan fingerprint density at radius 1 is 1.04 bits per heavy atom. The third-order valence-electron chi connectivity index (χ3n) is 3.84. The van der Waals surface area contributed by atoms with Crippen molar-refractivity contribution in [2.24, 2.45) is 5.10 Å². The Labute approximate surface area is 154 Å². The van der Waals surface area contributed by atoms with Crippen molar-refractivity contribution in [1.82, 2.24) is 5.43 Å². The van der Waals surface area contributed by atoms with Gasteiger partial charge in [0.25, 0.3) is 0 Å². The zero-order chi connectivity index (χ0) is 18.4. The molecule has 0 fully saturated rings. The van der Waals surface area contributed by atoms with E-state index in [0.29, 0.717) is 10.9 Å². The molecule has 0 radical (unpaired) electrons. The van der Waals surface area contributed by atoms with Crippen molar-refractivity contribution in [3.05, 3.63) is 53.1 Å². The van der Waals surface area contributed by atoms with E-state index in [9.17, 15) is 0 Å². The molecule has 2 rings (SSSR count). The van der Waals surface area contributed by atoms with Gasteiger partial charge >= 0.3 is 0 Å². The molecule has 25 heavy (non-hydrogen) atoms. The first-order valence-corrected chi connectivity index (χ1v) is 8.27. The monoisotopic (exact) mass is 357 g/mol. The van der Waals surface area contributed by atoms with Crippen LogP contribution >= 0.6 is 12.2 Å². The van der Waals surface area contributed by atoms with E-state index in [0.717, 1.165) is 33.8 Å². The van der Waals surface area contributed by atoms with E-state index >= 15 is 0 Å². The number of ether oxygens (including phenoxy) is 2. The number of nitrogens with zero attached hydrogens (tertiary/aromatic N) is 1. The molecule has 0 unspecified atom stereocenters. The van der Waals surface area contributed by atoms with E-state index in [1.54, 1.807) is 14.2 Å². The molecular formula is C19H23N3O2S. The lowest BCUT2D eigenvalue weighted by Crippen LogP contribution is -2.25. The highest BCUT2D eigenvalue weighted by molar-refractivity contribution is 7.80. The van der Waals surface area contributed by atoms with Crippen molar-refractivity contribution in [2.75, 3.05) is 19.5 Å². The molecule has 2 aromatic rings. The molecule has 2 aromatic carbocycles. The highest BCUT2D eigenvalue weighted by atomic mass is 32.1. The van der Waals surface area contributed by atoms with Crippen LogP contribution in [0.4, 0.5) is 5.69 Å². The summed E-state index contributed by atoms with van der Waals surface area (Å²) in [7, 11) is 3.24. The number of nitrogens with one attached hydrogen (secondary N) is 2. The molecule has 0 aromatic heterocycles. The van der Waals surface area contributed by atoms with Gasteiger partial charge in [0.1, 0.15) is 11.5 Å². The second-order valence-electron chi connectivity index (χ2n) is 5.60. The molecular weight excluding hydrogens is 334 g/mol. The quantitative estimate of drug-likeness (QED) is 0.481. The molecule has 0 saturated heterocycles. The van der Waals surface area contributed by atoms with Crippen LogP contribution < -0.4 is 20.2 Å². The summed E-state index contributed by atoms with van der Waals surface area (Å²) in [5.41, 5.74) is 7.75. The zero-order valence-electron chi connectivity index (χ0n) is 15.1. The lowest BCUT2D eigenvalue weighted by Gasteiger charge is -2.14. The molecule has 5 nitrogen and oxygen atoms in total. The number of hydrazone groups is 1. The van der Waals surface area contributed by atoms with Gasteiger partial charge in [0.15, 0.2) is 5.11 Å². The number of rotatable bonds is 5. The number of aryl methyl sites for hydroxylation is 2. The van der Waals surface area contributed by atoms with Crippen LogP contribution in [0.15, 0.2) is 41.5 Å². The summed E-state index contributed by atoms with van der Waals surface area (Å²) in [6.07, 6.45) is 0. The summed E-state index contributed by atoms with van der Waals surface area (Å²) < 4.78 is 10.6. The third kappa shape index (κ3) is 4.70. The lowest BCUT2D eigenvalue weighted by atomic mass is 10.1. The van der Waals surface area contributed by atoms with E-state index in [4.69, 9.17) is 21.7 Å². The van der Waals surface area contributed by atoms with Crippen molar-refractivity contribution >= 4 is 28.7 Å². The molecule has 0 heterocycles. The third-order valence-corrected chi connectivity index (χ3v) is 4.04.